The van der Waals surface area contributed by atoms with Gasteiger partial charge in [0.15, 0.2) is 0 Å². The molecular formula is C17H25F2N3O2. The largest absolute Gasteiger partial charge is 0.444 e. The number of hydrogen-bond donors (Lipinski definition) is 0. The van der Waals surface area contributed by atoms with Gasteiger partial charge in [-0.25, -0.2) is 13.6 Å². The van der Waals surface area contributed by atoms with Crippen molar-refractivity contribution in [2.75, 3.05) is 13.1 Å². The first-order valence-electron chi connectivity index (χ1n) is 8.37. The average Bonchev–Trinajstić information content (AvgIpc) is 2.69. The average molecular weight is 341 g/mol. The molecule has 2 aliphatic rings. The Morgan fingerprint density at radius 2 is 2.04 bits per heavy atom. The molecule has 24 heavy (non-hydrogen) atoms. The third-order valence-corrected chi connectivity index (χ3v) is 4.80. The second-order valence-electron chi connectivity index (χ2n) is 8.30. The maximum atomic E-state index is 12.7. The molecule has 1 aliphatic heterocycles. The van der Waals surface area contributed by atoms with E-state index in [1.807, 2.05) is 20.8 Å². The number of rotatable bonds is 3. The third kappa shape index (κ3) is 3.39. The van der Waals surface area contributed by atoms with Gasteiger partial charge in [0, 0.05) is 30.7 Å². The van der Waals surface area contributed by atoms with Crippen LogP contribution in [0, 0.1) is 18.3 Å². The number of aryl methyl sites for hydroxylation is 1. The van der Waals surface area contributed by atoms with Crippen molar-refractivity contribution in [3.8, 4) is 0 Å². The Balaban J connectivity index is 1.46. The van der Waals surface area contributed by atoms with Gasteiger partial charge in [-0.3, -0.25) is 4.68 Å². The lowest BCUT2D eigenvalue weighted by atomic mass is 9.58. The summed E-state index contributed by atoms with van der Waals surface area (Å²) in [5.74, 6) is 0.440. The van der Waals surface area contributed by atoms with E-state index in [1.54, 1.807) is 16.5 Å². The van der Waals surface area contributed by atoms with Crippen molar-refractivity contribution in [2.45, 2.75) is 59.1 Å². The first-order chi connectivity index (χ1) is 11.1. The first kappa shape index (κ1) is 17.2. The molecule has 1 saturated carbocycles. The van der Waals surface area contributed by atoms with E-state index >= 15 is 0 Å². The minimum atomic E-state index is -2.52. The highest BCUT2D eigenvalue weighted by atomic mass is 19.3. The van der Waals surface area contributed by atoms with Gasteiger partial charge < -0.3 is 9.64 Å². The van der Waals surface area contributed by atoms with Crippen LogP contribution in [0.1, 0.15) is 51.4 Å². The molecular weight excluding hydrogens is 316 g/mol. The molecule has 0 bridgehead atoms. The molecule has 5 nitrogen and oxygen atoms in total. The van der Waals surface area contributed by atoms with E-state index in [0.29, 0.717) is 12.5 Å². The fourth-order valence-electron chi connectivity index (χ4n) is 3.84. The fourth-order valence-corrected chi connectivity index (χ4v) is 3.84. The van der Waals surface area contributed by atoms with Gasteiger partial charge in [0.05, 0.1) is 0 Å². The lowest BCUT2D eigenvalue weighted by molar-refractivity contribution is -0.0988. The molecule has 7 heteroatoms. The van der Waals surface area contributed by atoms with Gasteiger partial charge in [-0.1, -0.05) is 0 Å². The fraction of sp³-hybridized carbons (Fsp3) is 0.765. The Labute approximate surface area is 141 Å². The molecule has 0 atom stereocenters. The van der Waals surface area contributed by atoms with Crippen molar-refractivity contribution in [2.24, 2.45) is 11.3 Å². The predicted molar refractivity (Wildman–Crippen MR) is 84.9 cm³/mol. The van der Waals surface area contributed by atoms with Crippen LogP contribution in [-0.2, 0) is 11.3 Å². The Hall–Kier alpha value is -1.66. The summed E-state index contributed by atoms with van der Waals surface area (Å²) < 4.78 is 32.4. The van der Waals surface area contributed by atoms with Crippen LogP contribution in [0.2, 0.25) is 0 Å². The molecule has 0 unspecified atom stereocenters. The van der Waals surface area contributed by atoms with Crippen molar-refractivity contribution in [1.82, 2.24) is 14.7 Å². The molecule has 3 rings (SSSR count). The van der Waals surface area contributed by atoms with E-state index < -0.39 is 12.0 Å². The number of halogens is 2. The Bertz CT molecular complexity index is 622. The molecule has 0 radical (unpaired) electrons. The molecule has 1 saturated heterocycles. The van der Waals surface area contributed by atoms with Crippen LogP contribution in [0.4, 0.5) is 13.6 Å². The molecule has 1 aromatic rings. The number of carbonyl (C=O) groups excluding carboxylic acids is 1. The summed E-state index contributed by atoms with van der Waals surface area (Å²) in [6.45, 7) is 9.53. The van der Waals surface area contributed by atoms with E-state index in [1.165, 1.54) is 6.07 Å². The van der Waals surface area contributed by atoms with E-state index in [-0.39, 0.29) is 17.2 Å². The highest BCUT2D eigenvalue weighted by molar-refractivity contribution is 5.69. The summed E-state index contributed by atoms with van der Waals surface area (Å²) in [5.41, 5.74) is 0.354. The number of carbonyl (C=O) groups is 1. The highest BCUT2D eigenvalue weighted by Crippen LogP contribution is 2.52. The van der Waals surface area contributed by atoms with Gasteiger partial charge in [0.25, 0.3) is 6.43 Å². The van der Waals surface area contributed by atoms with Crippen molar-refractivity contribution in [3.63, 3.8) is 0 Å². The quantitative estimate of drug-likeness (QED) is 0.841. The number of hydrogen-bond acceptors (Lipinski definition) is 3. The van der Waals surface area contributed by atoms with Crippen LogP contribution in [0.3, 0.4) is 0 Å². The molecule has 1 spiro atoms. The van der Waals surface area contributed by atoms with E-state index in [0.717, 1.165) is 31.6 Å². The van der Waals surface area contributed by atoms with Gasteiger partial charge in [0.1, 0.15) is 11.3 Å². The number of likely N-dealkylation sites (tertiary alicyclic amines) is 1. The van der Waals surface area contributed by atoms with E-state index in [2.05, 4.69) is 5.10 Å². The number of alkyl halides is 2. The maximum absolute atomic E-state index is 12.7. The number of nitrogens with zero attached hydrogens (tertiary/aromatic N) is 3. The summed E-state index contributed by atoms with van der Waals surface area (Å²) in [5, 5.41) is 3.99. The van der Waals surface area contributed by atoms with Crippen LogP contribution in [-0.4, -0.2) is 39.5 Å². The van der Waals surface area contributed by atoms with Crippen molar-refractivity contribution in [1.29, 1.82) is 0 Å². The molecule has 2 heterocycles. The summed E-state index contributed by atoms with van der Waals surface area (Å²) in [7, 11) is 0. The summed E-state index contributed by atoms with van der Waals surface area (Å²) >= 11 is 0. The SMILES string of the molecule is Cc1cc(C(F)F)nn1CC1CC2(C1)CN(C(=O)OC(C)(C)C)C2. The van der Waals surface area contributed by atoms with Crippen molar-refractivity contribution < 1.29 is 18.3 Å². The minimum Gasteiger partial charge on any atom is -0.444 e. The maximum Gasteiger partial charge on any atom is 0.410 e. The minimum absolute atomic E-state index is 0.152. The standard InChI is InChI=1S/C17H25F2N3O2/c1-11-5-13(14(18)19)20-22(11)8-12-6-17(7-12)9-21(10-17)15(23)24-16(2,3)4/h5,12,14H,6-10H2,1-4H3. The zero-order valence-corrected chi connectivity index (χ0v) is 14.7. The van der Waals surface area contributed by atoms with Gasteiger partial charge in [-0.05, 0) is 52.5 Å². The predicted octanol–water partition coefficient (Wildman–Crippen LogP) is 3.78. The number of ether oxygens (including phenoxy) is 1. The van der Waals surface area contributed by atoms with Gasteiger partial charge in [0.2, 0.25) is 0 Å². The van der Waals surface area contributed by atoms with E-state index in [4.69, 9.17) is 4.74 Å². The van der Waals surface area contributed by atoms with Crippen LogP contribution >= 0.6 is 0 Å². The van der Waals surface area contributed by atoms with Crippen molar-refractivity contribution in [3.05, 3.63) is 17.5 Å². The molecule has 1 amide bonds. The van der Waals surface area contributed by atoms with Gasteiger partial charge in [-0.15, -0.1) is 0 Å². The first-order valence-corrected chi connectivity index (χ1v) is 8.37. The summed E-state index contributed by atoms with van der Waals surface area (Å²) in [6, 6.07) is 1.45. The topological polar surface area (TPSA) is 47.4 Å². The molecule has 0 aromatic carbocycles. The highest BCUT2D eigenvalue weighted by Gasteiger charge is 2.54. The van der Waals surface area contributed by atoms with Crippen LogP contribution in [0.25, 0.3) is 0 Å². The lowest BCUT2D eigenvalue weighted by Crippen LogP contribution is -2.64. The molecule has 1 aromatic heterocycles. The second-order valence-corrected chi connectivity index (χ2v) is 8.30. The third-order valence-electron chi connectivity index (χ3n) is 4.80. The zero-order chi connectivity index (χ0) is 17.7. The molecule has 1 aliphatic carbocycles. The number of aromatic nitrogens is 2. The molecule has 2 fully saturated rings. The molecule has 134 valence electrons. The summed E-state index contributed by atoms with van der Waals surface area (Å²) in [6.07, 6.45) is -0.752. The normalized spacial score (nSPS) is 20.2. The second kappa shape index (κ2) is 5.70. The Morgan fingerprint density at radius 3 is 2.54 bits per heavy atom. The van der Waals surface area contributed by atoms with Gasteiger partial charge >= 0.3 is 6.09 Å². The van der Waals surface area contributed by atoms with Crippen LogP contribution < -0.4 is 0 Å². The lowest BCUT2D eigenvalue weighted by Gasteiger charge is -2.58. The zero-order valence-electron chi connectivity index (χ0n) is 14.7. The van der Waals surface area contributed by atoms with E-state index in [9.17, 15) is 13.6 Å². The Kier molecular flexibility index (Phi) is 4.08. The van der Waals surface area contributed by atoms with Crippen LogP contribution in [0.15, 0.2) is 6.07 Å². The van der Waals surface area contributed by atoms with Crippen LogP contribution in [0.5, 0.6) is 0 Å². The summed E-state index contributed by atoms with van der Waals surface area (Å²) in [4.78, 5) is 13.7. The Morgan fingerprint density at radius 1 is 1.42 bits per heavy atom. The number of amides is 1. The smallest absolute Gasteiger partial charge is 0.410 e. The van der Waals surface area contributed by atoms with Gasteiger partial charge in [-0.2, -0.15) is 5.10 Å². The monoisotopic (exact) mass is 341 g/mol. The molecule has 0 N–H and O–H groups in total. The van der Waals surface area contributed by atoms with Crippen molar-refractivity contribution >= 4 is 6.09 Å².